The number of anilines is 1. The Hall–Kier alpha value is -1.97. The van der Waals surface area contributed by atoms with E-state index in [4.69, 9.17) is 14.0 Å². The minimum atomic E-state index is -0.565. The third-order valence-corrected chi connectivity index (χ3v) is 6.36. The molecule has 1 aliphatic heterocycles. The van der Waals surface area contributed by atoms with Gasteiger partial charge in [0, 0.05) is 64.5 Å². The summed E-state index contributed by atoms with van der Waals surface area (Å²) in [6.45, 7) is 15.8. The van der Waals surface area contributed by atoms with Crippen molar-refractivity contribution >= 4 is 5.88 Å². The van der Waals surface area contributed by atoms with Crippen LogP contribution in [0, 0.1) is 5.92 Å². The molecule has 8 heteroatoms. The highest BCUT2D eigenvalue weighted by molar-refractivity contribution is 5.68. The van der Waals surface area contributed by atoms with E-state index < -0.39 is 6.10 Å². The Morgan fingerprint density at radius 1 is 1.09 bits per heavy atom. The first-order valence-corrected chi connectivity index (χ1v) is 12.9. The Morgan fingerprint density at radius 2 is 1.80 bits per heavy atom. The molecule has 3 rings (SSSR count). The first kappa shape index (κ1) is 27.6. The second-order valence-electron chi connectivity index (χ2n) is 10.2. The Kier molecular flexibility index (Phi) is 11.0. The number of hydrogen-bond acceptors (Lipinski definition) is 8. The van der Waals surface area contributed by atoms with Crippen LogP contribution in [0.3, 0.4) is 0 Å². The van der Waals surface area contributed by atoms with Crippen LogP contribution in [-0.2, 0) is 16.0 Å². The van der Waals surface area contributed by atoms with Crippen molar-refractivity contribution < 1.29 is 19.1 Å². The Balaban J connectivity index is 1.81. The molecule has 1 aromatic carbocycles. The lowest BCUT2D eigenvalue weighted by atomic mass is 10.1. The van der Waals surface area contributed by atoms with Gasteiger partial charge in [0.2, 0.25) is 5.88 Å². The minimum Gasteiger partial charge on any atom is -0.389 e. The van der Waals surface area contributed by atoms with E-state index in [0.29, 0.717) is 32.2 Å². The molecule has 0 amide bonds. The van der Waals surface area contributed by atoms with Gasteiger partial charge >= 0.3 is 0 Å². The zero-order chi connectivity index (χ0) is 25.2. The molecule has 0 spiro atoms. The summed E-state index contributed by atoms with van der Waals surface area (Å²) in [5, 5.41) is 15.3. The van der Waals surface area contributed by atoms with Crippen molar-refractivity contribution in [1.82, 2.24) is 15.0 Å². The van der Waals surface area contributed by atoms with E-state index in [1.165, 1.54) is 0 Å². The first-order valence-electron chi connectivity index (χ1n) is 12.9. The maximum absolute atomic E-state index is 10.8. The molecular weight excluding hydrogens is 444 g/mol. The molecule has 2 aromatic rings. The van der Waals surface area contributed by atoms with Crippen molar-refractivity contribution in [2.45, 2.75) is 46.4 Å². The average molecular weight is 489 g/mol. The first-order chi connectivity index (χ1) is 16.8. The van der Waals surface area contributed by atoms with Crippen molar-refractivity contribution in [1.29, 1.82) is 0 Å². The fraction of sp³-hybridized carbons (Fsp3) is 0.667. The highest BCUT2D eigenvalue weighted by Gasteiger charge is 2.25. The number of aliphatic hydroxyl groups is 1. The van der Waals surface area contributed by atoms with Crippen molar-refractivity contribution in [3.05, 3.63) is 35.9 Å². The monoisotopic (exact) mass is 488 g/mol. The third kappa shape index (κ3) is 8.58. The summed E-state index contributed by atoms with van der Waals surface area (Å²) in [5.74, 6) is 1.22. The lowest BCUT2D eigenvalue weighted by molar-refractivity contribution is 0.000977. The van der Waals surface area contributed by atoms with E-state index >= 15 is 0 Å². The van der Waals surface area contributed by atoms with E-state index in [1.807, 2.05) is 25.2 Å². The average Bonchev–Trinajstić information content (AvgIpc) is 3.26. The Morgan fingerprint density at radius 3 is 2.46 bits per heavy atom. The lowest BCUT2D eigenvalue weighted by Crippen LogP contribution is -2.43. The smallest absolute Gasteiger partial charge is 0.232 e. The number of rotatable bonds is 14. The van der Waals surface area contributed by atoms with E-state index in [0.717, 1.165) is 62.1 Å². The second kappa shape index (κ2) is 13.9. The van der Waals surface area contributed by atoms with Crippen LogP contribution >= 0.6 is 0 Å². The van der Waals surface area contributed by atoms with Gasteiger partial charge in [0.05, 0.1) is 31.5 Å². The summed E-state index contributed by atoms with van der Waals surface area (Å²) in [5.41, 5.74) is 2.93. The predicted octanol–water partition coefficient (Wildman–Crippen LogP) is 3.35. The van der Waals surface area contributed by atoms with Crippen LogP contribution in [-0.4, -0.2) is 98.4 Å². The molecule has 0 aliphatic carbocycles. The molecule has 35 heavy (non-hydrogen) atoms. The fourth-order valence-corrected chi connectivity index (χ4v) is 4.13. The molecule has 2 heterocycles. The molecule has 1 aromatic heterocycles. The highest BCUT2D eigenvalue weighted by atomic mass is 16.5. The number of aromatic nitrogens is 1. The molecule has 0 saturated carbocycles. The SMILES string of the molecule is CC(C)COC[C@H](O)CN(CCN1CCOCC1)Cc1c(-c2ccccc2)noc1N(C)C(C)C. The molecule has 0 bridgehead atoms. The largest absolute Gasteiger partial charge is 0.389 e. The number of hydrogen-bond donors (Lipinski definition) is 1. The van der Waals surface area contributed by atoms with Crippen molar-refractivity contribution in [2.75, 3.05) is 71.1 Å². The Labute approximate surface area is 210 Å². The third-order valence-electron chi connectivity index (χ3n) is 6.36. The van der Waals surface area contributed by atoms with Gasteiger partial charge in [0.25, 0.3) is 0 Å². The maximum atomic E-state index is 10.8. The quantitative estimate of drug-likeness (QED) is 0.434. The van der Waals surface area contributed by atoms with E-state index in [1.54, 1.807) is 0 Å². The van der Waals surface area contributed by atoms with Gasteiger partial charge in [0.15, 0.2) is 0 Å². The van der Waals surface area contributed by atoms with Crippen molar-refractivity contribution in [3.8, 4) is 11.3 Å². The standard InChI is InChI=1S/C27H44N4O4/c1-21(2)19-34-20-24(32)17-31(12-11-30-13-15-33-16-14-30)18-25-26(23-9-7-6-8-10-23)28-35-27(25)29(5)22(3)4/h6-10,21-22,24,32H,11-20H2,1-5H3/t24-/m1/s1. The fourth-order valence-electron chi connectivity index (χ4n) is 4.13. The van der Waals surface area contributed by atoms with E-state index in [-0.39, 0.29) is 6.04 Å². The van der Waals surface area contributed by atoms with Gasteiger partial charge in [-0.3, -0.25) is 9.80 Å². The topological polar surface area (TPSA) is 74.4 Å². The Bertz CT molecular complexity index is 852. The summed E-state index contributed by atoms with van der Waals surface area (Å²) < 4.78 is 17.1. The van der Waals surface area contributed by atoms with Crippen molar-refractivity contribution in [3.63, 3.8) is 0 Å². The minimum absolute atomic E-state index is 0.266. The van der Waals surface area contributed by atoms with Gasteiger partial charge in [-0.05, 0) is 19.8 Å². The van der Waals surface area contributed by atoms with Gasteiger partial charge in [-0.25, -0.2) is 0 Å². The van der Waals surface area contributed by atoms with Gasteiger partial charge in [-0.1, -0.05) is 49.3 Å². The molecule has 1 aliphatic rings. The number of morpholine rings is 1. The van der Waals surface area contributed by atoms with Gasteiger partial charge < -0.3 is 24.0 Å². The number of nitrogens with zero attached hydrogens (tertiary/aromatic N) is 4. The van der Waals surface area contributed by atoms with Crippen LogP contribution in [0.4, 0.5) is 5.88 Å². The number of benzene rings is 1. The second-order valence-corrected chi connectivity index (χ2v) is 10.2. The summed E-state index contributed by atoms with van der Waals surface area (Å²) in [7, 11) is 2.04. The van der Waals surface area contributed by atoms with Crippen LogP contribution < -0.4 is 4.90 Å². The predicted molar refractivity (Wildman–Crippen MR) is 140 cm³/mol. The zero-order valence-corrected chi connectivity index (χ0v) is 22.2. The molecule has 0 radical (unpaired) electrons. The van der Waals surface area contributed by atoms with Gasteiger partial charge in [-0.15, -0.1) is 0 Å². The molecule has 8 nitrogen and oxygen atoms in total. The summed E-state index contributed by atoms with van der Waals surface area (Å²) in [6, 6.07) is 10.4. The maximum Gasteiger partial charge on any atom is 0.232 e. The summed E-state index contributed by atoms with van der Waals surface area (Å²) in [4.78, 5) is 6.84. The highest BCUT2D eigenvalue weighted by Crippen LogP contribution is 2.32. The summed E-state index contributed by atoms with van der Waals surface area (Å²) >= 11 is 0. The molecular formula is C27H44N4O4. The molecule has 1 saturated heterocycles. The molecule has 196 valence electrons. The summed E-state index contributed by atoms with van der Waals surface area (Å²) in [6.07, 6.45) is -0.565. The van der Waals surface area contributed by atoms with Crippen LogP contribution in [0.5, 0.6) is 0 Å². The van der Waals surface area contributed by atoms with Crippen LogP contribution in [0.1, 0.15) is 33.3 Å². The normalized spacial score (nSPS) is 15.9. The van der Waals surface area contributed by atoms with Crippen LogP contribution in [0.15, 0.2) is 34.9 Å². The van der Waals surface area contributed by atoms with Crippen molar-refractivity contribution in [2.24, 2.45) is 5.92 Å². The van der Waals surface area contributed by atoms with Gasteiger partial charge in [-0.2, -0.15) is 0 Å². The van der Waals surface area contributed by atoms with Crippen LogP contribution in [0.2, 0.25) is 0 Å². The van der Waals surface area contributed by atoms with Gasteiger partial charge in [0.1, 0.15) is 5.69 Å². The number of ether oxygens (including phenoxy) is 2. The molecule has 1 fully saturated rings. The molecule has 0 unspecified atom stereocenters. The molecule has 1 atom stereocenters. The molecule has 1 N–H and O–H groups in total. The lowest BCUT2D eigenvalue weighted by Gasteiger charge is -2.31. The van der Waals surface area contributed by atoms with E-state index in [2.05, 4.69) is 59.7 Å². The number of aliphatic hydroxyl groups excluding tert-OH is 1. The van der Waals surface area contributed by atoms with Crippen LogP contribution in [0.25, 0.3) is 11.3 Å². The zero-order valence-electron chi connectivity index (χ0n) is 22.2. The van der Waals surface area contributed by atoms with E-state index in [9.17, 15) is 5.11 Å².